The summed E-state index contributed by atoms with van der Waals surface area (Å²) >= 11 is 0. The van der Waals surface area contributed by atoms with Crippen LogP contribution in [-0.4, -0.2) is 52.6 Å². The number of para-hydroxylation sites is 1. The van der Waals surface area contributed by atoms with Gasteiger partial charge in [0.05, 0.1) is 21.8 Å². The Kier molecular flexibility index (Phi) is 6.69. The highest BCUT2D eigenvalue weighted by molar-refractivity contribution is 7.89. The molecular weight excluding hydrogens is 393 g/mol. The summed E-state index contributed by atoms with van der Waals surface area (Å²) in [6, 6.07) is 13.1. The van der Waals surface area contributed by atoms with Gasteiger partial charge in [-0.1, -0.05) is 12.1 Å². The van der Waals surface area contributed by atoms with E-state index < -0.39 is 10.0 Å². The fourth-order valence-corrected chi connectivity index (χ4v) is 3.93. The fraction of sp³-hybridized carbons (Fsp3) is 0.350. The number of halogens is 1. The summed E-state index contributed by atoms with van der Waals surface area (Å²) in [7, 11) is -3.83. The largest absolute Gasteiger partial charge is 0.384 e. The molecule has 3 rings (SSSR count). The van der Waals surface area contributed by atoms with E-state index in [4.69, 9.17) is 5.14 Å². The highest BCUT2D eigenvalue weighted by Crippen LogP contribution is 2.21. The lowest BCUT2D eigenvalue weighted by molar-refractivity contribution is 0.256. The van der Waals surface area contributed by atoms with Gasteiger partial charge in [0.2, 0.25) is 10.0 Å². The maximum absolute atomic E-state index is 13.9. The van der Waals surface area contributed by atoms with E-state index in [2.05, 4.69) is 15.1 Å². The van der Waals surface area contributed by atoms with Crippen LogP contribution >= 0.6 is 0 Å². The number of nitrogens with one attached hydrogen (secondary N) is 1. The van der Waals surface area contributed by atoms with Crippen LogP contribution < -0.4 is 15.4 Å². The van der Waals surface area contributed by atoms with Gasteiger partial charge in [-0.05, 0) is 43.3 Å². The number of hydrogen-bond acceptors (Lipinski definition) is 6. The Hall–Kier alpha value is -2.67. The van der Waals surface area contributed by atoms with Crippen molar-refractivity contribution < 1.29 is 12.8 Å². The second-order valence-corrected chi connectivity index (χ2v) is 8.49. The van der Waals surface area contributed by atoms with E-state index in [0.717, 1.165) is 39.1 Å². The van der Waals surface area contributed by atoms with Crippen LogP contribution in [0.5, 0.6) is 0 Å². The van der Waals surface area contributed by atoms with E-state index >= 15 is 0 Å². The van der Waals surface area contributed by atoms with Gasteiger partial charge < -0.3 is 10.2 Å². The van der Waals surface area contributed by atoms with E-state index in [9.17, 15) is 18.1 Å². The summed E-state index contributed by atoms with van der Waals surface area (Å²) in [5.74, 6) is -0.188. The molecule has 2 aromatic carbocycles. The van der Waals surface area contributed by atoms with Crippen LogP contribution in [0, 0.1) is 17.1 Å². The third-order valence-corrected chi connectivity index (χ3v) is 5.88. The van der Waals surface area contributed by atoms with Crippen molar-refractivity contribution in [1.82, 2.24) is 4.90 Å². The number of benzene rings is 2. The molecule has 0 amide bonds. The number of primary sulfonamides is 1. The van der Waals surface area contributed by atoms with Gasteiger partial charge in [-0.3, -0.25) is 4.90 Å². The normalized spacial score (nSPS) is 15.1. The molecule has 2 aromatic rings. The molecule has 9 heteroatoms. The molecule has 1 heterocycles. The lowest BCUT2D eigenvalue weighted by Gasteiger charge is -2.36. The van der Waals surface area contributed by atoms with Crippen molar-refractivity contribution in [3.63, 3.8) is 0 Å². The second kappa shape index (κ2) is 9.22. The summed E-state index contributed by atoms with van der Waals surface area (Å²) in [6.07, 6.45) is 0.863. The van der Waals surface area contributed by atoms with Gasteiger partial charge in [0.15, 0.2) is 0 Å². The number of piperazine rings is 1. The molecule has 0 radical (unpaired) electrons. The van der Waals surface area contributed by atoms with Gasteiger partial charge in [0.25, 0.3) is 0 Å². The smallest absolute Gasteiger partial charge is 0.238 e. The first-order valence-electron chi connectivity index (χ1n) is 9.41. The van der Waals surface area contributed by atoms with Crippen molar-refractivity contribution in [2.45, 2.75) is 11.3 Å². The number of anilines is 2. The minimum atomic E-state index is -3.83. The lowest BCUT2D eigenvalue weighted by Crippen LogP contribution is -2.47. The van der Waals surface area contributed by atoms with Crippen LogP contribution in [0.25, 0.3) is 0 Å². The maximum Gasteiger partial charge on any atom is 0.238 e. The zero-order valence-electron chi connectivity index (χ0n) is 16.0. The molecule has 0 aliphatic carbocycles. The molecule has 0 saturated carbocycles. The van der Waals surface area contributed by atoms with Crippen molar-refractivity contribution in [2.24, 2.45) is 5.14 Å². The van der Waals surface area contributed by atoms with Crippen molar-refractivity contribution in [2.75, 3.05) is 49.5 Å². The molecule has 0 aromatic heterocycles. The SMILES string of the molecule is N#Cc1cc(S(N)(=O)=O)ccc1NCCCN1CCN(c2ccccc2F)CC1. The summed E-state index contributed by atoms with van der Waals surface area (Å²) in [4.78, 5) is 4.32. The Labute approximate surface area is 170 Å². The number of nitriles is 1. The topological polar surface area (TPSA) is 102 Å². The van der Waals surface area contributed by atoms with Gasteiger partial charge in [-0.25, -0.2) is 17.9 Å². The Bertz CT molecular complexity index is 998. The van der Waals surface area contributed by atoms with E-state index in [1.165, 1.54) is 18.2 Å². The molecule has 1 aliphatic rings. The second-order valence-electron chi connectivity index (χ2n) is 6.92. The van der Waals surface area contributed by atoms with Crippen molar-refractivity contribution in [3.05, 3.63) is 53.8 Å². The predicted octanol–water partition coefficient (Wildman–Crippen LogP) is 1.97. The first kappa shape index (κ1) is 21.0. The molecule has 29 heavy (non-hydrogen) atoms. The standard InChI is InChI=1S/C20H24FN5O2S/c21-18-4-1-2-5-20(18)26-12-10-25(11-13-26)9-3-8-24-19-7-6-17(29(23,27)28)14-16(19)15-22/h1-2,4-7,14,24H,3,8-13H2,(H2,23,27,28). The third-order valence-electron chi connectivity index (χ3n) is 4.97. The molecule has 1 fully saturated rings. The van der Waals surface area contributed by atoms with Gasteiger partial charge >= 0.3 is 0 Å². The van der Waals surface area contributed by atoms with E-state index in [0.29, 0.717) is 17.9 Å². The molecule has 0 bridgehead atoms. The molecule has 7 nitrogen and oxygen atoms in total. The van der Waals surface area contributed by atoms with Crippen LogP contribution in [0.3, 0.4) is 0 Å². The number of nitrogens with two attached hydrogens (primary N) is 1. The van der Waals surface area contributed by atoms with E-state index in [1.807, 2.05) is 18.2 Å². The van der Waals surface area contributed by atoms with Crippen molar-refractivity contribution in [1.29, 1.82) is 5.26 Å². The minimum absolute atomic E-state index is 0.0766. The number of rotatable bonds is 7. The molecule has 3 N–H and O–H groups in total. The zero-order valence-corrected chi connectivity index (χ0v) is 16.8. The first-order chi connectivity index (χ1) is 13.9. The Morgan fingerprint density at radius 2 is 1.86 bits per heavy atom. The summed E-state index contributed by atoms with van der Waals surface area (Å²) in [5, 5.41) is 17.5. The first-order valence-corrected chi connectivity index (χ1v) is 11.0. The van der Waals surface area contributed by atoms with Crippen LogP contribution in [0.15, 0.2) is 47.4 Å². The van der Waals surface area contributed by atoms with Crippen LogP contribution in [0.2, 0.25) is 0 Å². The quantitative estimate of drug-likeness (QED) is 0.668. The molecule has 1 aliphatic heterocycles. The maximum atomic E-state index is 13.9. The van der Waals surface area contributed by atoms with Crippen LogP contribution in [0.1, 0.15) is 12.0 Å². The number of hydrogen-bond donors (Lipinski definition) is 2. The van der Waals surface area contributed by atoms with E-state index in [1.54, 1.807) is 12.1 Å². The van der Waals surface area contributed by atoms with Gasteiger partial charge in [0, 0.05) is 32.7 Å². The van der Waals surface area contributed by atoms with Crippen molar-refractivity contribution >= 4 is 21.4 Å². The van der Waals surface area contributed by atoms with Gasteiger partial charge in [-0.15, -0.1) is 0 Å². The van der Waals surface area contributed by atoms with Crippen LogP contribution in [0.4, 0.5) is 15.8 Å². The average Bonchev–Trinajstić information content (AvgIpc) is 2.71. The van der Waals surface area contributed by atoms with Crippen molar-refractivity contribution in [3.8, 4) is 6.07 Å². The zero-order chi connectivity index (χ0) is 20.9. The fourth-order valence-electron chi connectivity index (χ4n) is 3.39. The average molecular weight is 418 g/mol. The third kappa shape index (κ3) is 5.44. The Balaban J connectivity index is 1.45. The summed E-state index contributed by atoms with van der Waals surface area (Å²) in [6.45, 7) is 4.82. The Morgan fingerprint density at radius 3 is 2.52 bits per heavy atom. The molecular formula is C20H24FN5O2S. The number of nitrogens with zero attached hydrogens (tertiary/aromatic N) is 3. The van der Waals surface area contributed by atoms with Gasteiger partial charge in [0.1, 0.15) is 11.9 Å². The highest BCUT2D eigenvalue weighted by Gasteiger charge is 2.19. The van der Waals surface area contributed by atoms with Gasteiger partial charge in [-0.2, -0.15) is 5.26 Å². The lowest BCUT2D eigenvalue weighted by atomic mass is 10.2. The van der Waals surface area contributed by atoms with Crippen LogP contribution in [-0.2, 0) is 10.0 Å². The highest BCUT2D eigenvalue weighted by atomic mass is 32.2. The molecule has 154 valence electrons. The monoisotopic (exact) mass is 417 g/mol. The minimum Gasteiger partial charge on any atom is -0.384 e. The predicted molar refractivity (Wildman–Crippen MR) is 111 cm³/mol. The summed E-state index contributed by atoms with van der Waals surface area (Å²) in [5.41, 5.74) is 1.49. The Morgan fingerprint density at radius 1 is 1.14 bits per heavy atom. The molecule has 0 unspecified atom stereocenters. The molecule has 1 saturated heterocycles. The van der Waals surface area contributed by atoms with E-state index in [-0.39, 0.29) is 16.3 Å². The molecule has 0 atom stereocenters. The summed E-state index contributed by atoms with van der Waals surface area (Å²) < 4.78 is 36.7. The molecule has 0 spiro atoms. The number of sulfonamides is 1.